The molecule has 112 valence electrons. The lowest BCUT2D eigenvalue weighted by atomic mass is 10.2. The van der Waals surface area contributed by atoms with Crippen molar-refractivity contribution in [1.82, 2.24) is 4.98 Å². The standard InChI is InChI=1S/C10H8NO.C9H7NO/c1-3-8-4-2-6-11-7-12-9(5-1)10(8)11;11-8-5-1-3-7-4-2-6-10-9(7)8/h1-6H,7H2;1-6,11H/q+1;. The molecule has 0 atom stereocenters. The monoisotopic (exact) mass is 303 g/mol. The first-order chi connectivity index (χ1) is 11.3. The molecule has 0 saturated heterocycles. The van der Waals surface area contributed by atoms with Crippen LogP contribution in [-0.4, -0.2) is 10.1 Å². The van der Waals surface area contributed by atoms with Crippen LogP contribution in [0.25, 0.3) is 21.8 Å². The van der Waals surface area contributed by atoms with Gasteiger partial charge in [-0.2, -0.15) is 4.57 Å². The van der Waals surface area contributed by atoms with Gasteiger partial charge < -0.3 is 9.84 Å². The Bertz CT molecular complexity index is 955. The van der Waals surface area contributed by atoms with E-state index < -0.39 is 0 Å². The molecular weight excluding hydrogens is 288 g/mol. The Balaban J connectivity index is 0.000000118. The van der Waals surface area contributed by atoms with Crippen LogP contribution in [0.4, 0.5) is 0 Å². The molecule has 4 aromatic rings. The normalized spacial score (nSPS) is 11.8. The Kier molecular flexibility index (Phi) is 3.27. The van der Waals surface area contributed by atoms with Crippen LogP contribution in [0.3, 0.4) is 0 Å². The largest absolute Gasteiger partial charge is 0.506 e. The minimum absolute atomic E-state index is 0.239. The first-order valence-electron chi connectivity index (χ1n) is 7.39. The third-order valence-corrected chi connectivity index (χ3v) is 3.83. The molecule has 0 aliphatic carbocycles. The van der Waals surface area contributed by atoms with Gasteiger partial charge in [0.05, 0.1) is 5.39 Å². The number of aromatic hydroxyl groups is 1. The summed E-state index contributed by atoms with van der Waals surface area (Å²) in [5.41, 5.74) is 1.87. The molecular formula is C19H15N2O2+. The number of aromatic nitrogens is 2. The van der Waals surface area contributed by atoms with Crippen molar-refractivity contribution < 1.29 is 14.4 Å². The third kappa shape index (κ3) is 2.44. The van der Waals surface area contributed by atoms with Gasteiger partial charge in [-0.25, -0.2) is 0 Å². The molecule has 0 amide bonds. The van der Waals surface area contributed by atoms with Gasteiger partial charge in [-0.05, 0) is 30.3 Å². The quantitative estimate of drug-likeness (QED) is 0.506. The van der Waals surface area contributed by atoms with Gasteiger partial charge in [0.2, 0.25) is 0 Å². The van der Waals surface area contributed by atoms with E-state index in [1.165, 1.54) is 10.9 Å². The number of ether oxygens (including phenoxy) is 1. The first-order valence-corrected chi connectivity index (χ1v) is 7.39. The SMILES string of the molecule is Oc1cccc2cccnc12.c1cc2c3c(c1)ccc[n+]3CO2. The van der Waals surface area contributed by atoms with Crippen LogP contribution in [0.2, 0.25) is 0 Å². The minimum Gasteiger partial charge on any atom is -0.506 e. The summed E-state index contributed by atoms with van der Waals surface area (Å²) in [6, 6.07) is 19.4. The molecule has 0 spiro atoms. The molecule has 0 radical (unpaired) electrons. The third-order valence-electron chi connectivity index (χ3n) is 3.83. The van der Waals surface area contributed by atoms with Crippen molar-refractivity contribution in [3.05, 3.63) is 73.1 Å². The summed E-state index contributed by atoms with van der Waals surface area (Å²) < 4.78 is 7.59. The lowest BCUT2D eigenvalue weighted by molar-refractivity contribution is -0.688. The summed E-state index contributed by atoms with van der Waals surface area (Å²) >= 11 is 0. The van der Waals surface area contributed by atoms with E-state index >= 15 is 0 Å². The summed E-state index contributed by atoms with van der Waals surface area (Å²) in [5.74, 6) is 1.23. The number of phenolic OH excluding ortho intramolecular Hbond substituents is 1. The lowest BCUT2D eigenvalue weighted by Gasteiger charge is -1.96. The van der Waals surface area contributed by atoms with Gasteiger partial charge in [0, 0.05) is 17.6 Å². The average Bonchev–Trinajstić information content (AvgIpc) is 3.02. The number of rotatable bonds is 0. The number of para-hydroxylation sites is 2. The predicted molar refractivity (Wildman–Crippen MR) is 88.2 cm³/mol. The molecule has 23 heavy (non-hydrogen) atoms. The van der Waals surface area contributed by atoms with E-state index in [4.69, 9.17) is 4.74 Å². The maximum atomic E-state index is 9.31. The van der Waals surface area contributed by atoms with Crippen LogP contribution in [0.15, 0.2) is 73.1 Å². The second-order valence-corrected chi connectivity index (χ2v) is 5.30. The zero-order chi connectivity index (χ0) is 15.6. The van der Waals surface area contributed by atoms with E-state index in [2.05, 4.69) is 21.7 Å². The molecule has 2 aromatic carbocycles. The summed E-state index contributed by atoms with van der Waals surface area (Å²) in [7, 11) is 0. The molecule has 0 saturated carbocycles. The fourth-order valence-electron chi connectivity index (χ4n) is 2.76. The second kappa shape index (κ2) is 5.57. The van der Waals surface area contributed by atoms with Gasteiger partial charge in [-0.15, -0.1) is 0 Å². The van der Waals surface area contributed by atoms with Crippen LogP contribution >= 0.6 is 0 Å². The molecule has 1 N–H and O–H groups in total. The van der Waals surface area contributed by atoms with E-state index in [0.717, 1.165) is 11.1 Å². The van der Waals surface area contributed by atoms with E-state index in [1.807, 2.05) is 42.6 Å². The summed E-state index contributed by atoms with van der Waals surface area (Å²) in [6.07, 6.45) is 3.71. The first kappa shape index (κ1) is 13.5. The number of benzene rings is 2. The van der Waals surface area contributed by atoms with E-state index in [9.17, 15) is 5.11 Å². The van der Waals surface area contributed by atoms with Gasteiger partial charge in [0.15, 0.2) is 11.9 Å². The topological polar surface area (TPSA) is 46.2 Å². The highest BCUT2D eigenvalue weighted by Crippen LogP contribution is 2.25. The van der Waals surface area contributed by atoms with Gasteiger partial charge >= 0.3 is 0 Å². The summed E-state index contributed by atoms with van der Waals surface area (Å²) in [4.78, 5) is 4.03. The molecule has 0 bridgehead atoms. The van der Waals surface area contributed by atoms with Crippen molar-refractivity contribution in [2.45, 2.75) is 6.73 Å². The van der Waals surface area contributed by atoms with Crippen LogP contribution in [-0.2, 0) is 6.73 Å². The lowest BCUT2D eigenvalue weighted by Crippen LogP contribution is -2.31. The minimum atomic E-state index is 0.239. The molecule has 0 unspecified atom stereocenters. The molecule has 0 fully saturated rings. The molecule has 2 aromatic heterocycles. The van der Waals surface area contributed by atoms with Gasteiger partial charge in [-0.3, -0.25) is 4.98 Å². The zero-order valence-corrected chi connectivity index (χ0v) is 12.4. The highest BCUT2D eigenvalue weighted by molar-refractivity contribution is 5.83. The summed E-state index contributed by atoms with van der Waals surface area (Å²) in [5, 5.41) is 11.5. The molecule has 3 heterocycles. The smallest absolute Gasteiger partial charge is 0.293 e. The fraction of sp³-hybridized carbons (Fsp3) is 0.0526. The number of hydrogen-bond acceptors (Lipinski definition) is 3. The van der Waals surface area contributed by atoms with Crippen LogP contribution in [0, 0.1) is 0 Å². The molecule has 5 rings (SSSR count). The van der Waals surface area contributed by atoms with Gasteiger partial charge in [0.25, 0.3) is 12.2 Å². The molecule has 4 nitrogen and oxygen atoms in total. The van der Waals surface area contributed by atoms with Crippen LogP contribution < -0.4 is 9.30 Å². The number of hydrogen-bond donors (Lipinski definition) is 1. The Morgan fingerprint density at radius 3 is 2.61 bits per heavy atom. The zero-order valence-electron chi connectivity index (χ0n) is 12.4. The van der Waals surface area contributed by atoms with Crippen molar-refractivity contribution in [3.8, 4) is 11.5 Å². The number of pyridine rings is 2. The van der Waals surface area contributed by atoms with E-state index in [1.54, 1.807) is 18.3 Å². The van der Waals surface area contributed by atoms with E-state index in [-0.39, 0.29) is 5.75 Å². The van der Waals surface area contributed by atoms with Crippen molar-refractivity contribution >= 4 is 21.8 Å². The molecule has 4 heteroatoms. The Morgan fingerprint density at radius 2 is 1.70 bits per heavy atom. The Labute approximate surface area is 133 Å². The molecule has 1 aliphatic rings. The highest BCUT2D eigenvalue weighted by Gasteiger charge is 2.20. The van der Waals surface area contributed by atoms with Gasteiger partial charge in [-0.1, -0.05) is 24.3 Å². The number of nitrogens with zero attached hydrogens (tertiary/aromatic N) is 2. The average molecular weight is 303 g/mol. The Morgan fingerprint density at radius 1 is 0.913 bits per heavy atom. The van der Waals surface area contributed by atoms with E-state index in [0.29, 0.717) is 12.2 Å². The van der Waals surface area contributed by atoms with Crippen molar-refractivity contribution in [2.24, 2.45) is 0 Å². The van der Waals surface area contributed by atoms with Gasteiger partial charge in [0.1, 0.15) is 11.3 Å². The van der Waals surface area contributed by atoms with Crippen molar-refractivity contribution in [1.29, 1.82) is 0 Å². The van der Waals surface area contributed by atoms with Crippen molar-refractivity contribution in [2.75, 3.05) is 0 Å². The second-order valence-electron chi connectivity index (χ2n) is 5.30. The molecule has 1 aliphatic heterocycles. The number of phenols is 1. The number of fused-ring (bicyclic) bond motifs is 1. The Hall–Kier alpha value is -3.14. The predicted octanol–water partition coefficient (Wildman–Crippen LogP) is 3.42. The van der Waals surface area contributed by atoms with Crippen molar-refractivity contribution in [3.63, 3.8) is 0 Å². The summed E-state index contributed by atoms with van der Waals surface area (Å²) in [6.45, 7) is 0.649. The fourth-order valence-corrected chi connectivity index (χ4v) is 2.76. The maximum Gasteiger partial charge on any atom is 0.293 e. The maximum absolute atomic E-state index is 9.31. The highest BCUT2D eigenvalue weighted by atomic mass is 16.5. The van der Waals surface area contributed by atoms with Crippen LogP contribution in [0.5, 0.6) is 11.5 Å². The van der Waals surface area contributed by atoms with Crippen LogP contribution in [0.1, 0.15) is 0 Å².